The monoisotopic (exact) mass is 176 g/mol. The summed E-state index contributed by atoms with van der Waals surface area (Å²) in [5.74, 6) is -0.884. The summed E-state index contributed by atoms with van der Waals surface area (Å²) in [5.41, 5.74) is 0. The molecule has 0 radical (unpaired) electrons. The van der Waals surface area contributed by atoms with Crippen LogP contribution in [0, 0.1) is 0 Å². The zero-order valence-electron chi connectivity index (χ0n) is 6.82. The van der Waals surface area contributed by atoms with Gasteiger partial charge in [-0.1, -0.05) is 0 Å². The lowest BCUT2D eigenvalue weighted by atomic mass is 10.4. The van der Waals surface area contributed by atoms with Crippen LogP contribution in [0.5, 0.6) is 0 Å². The lowest BCUT2D eigenvalue weighted by Gasteiger charge is -2.09. The van der Waals surface area contributed by atoms with Gasteiger partial charge in [0, 0.05) is 0 Å². The molecule has 0 aromatic carbocycles. The van der Waals surface area contributed by atoms with Crippen molar-refractivity contribution >= 4 is 5.97 Å². The Bertz CT molecular complexity index is 165. The second-order valence-electron chi connectivity index (χ2n) is 2.06. The Kier molecular flexibility index (Phi) is 5.07. The van der Waals surface area contributed by atoms with E-state index < -0.39 is 18.7 Å². The fraction of sp³-hybridized carbons (Fsp3) is 0.571. The summed E-state index contributed by atoms with van der Waals surface area (Å²) >= 11 is 0. The van der Waals surface area contributed by atoms with E-state index in [0.717, 1.165) is 0 Å². The Morgan fingerprint density at radius 1 is 1.67 bits per heavy atom. The van der Waals surface area contributed by atoms with E-state index in [1.807, 2.05) is 0 Å². The summed E-state index contributed by atoms with van der Waals surface area (Å²) in [6.07, 6.45) is -1.01. The summed E-state index contributed by atoms with van der Waals surface area (Å²) in [6.45, 7) is 2.64. The number of ether oxygens (including phenoxy) is 2. The van der Waals surface area contributed by atoms with Gasteiger partial charge in [0.05, 0.1) is 13.7 Å². The molecule has 0 heterocycles. The molecule has 1 atom stereocenters. The van der Waals surface area contributed by atoms with Gasteiger partial charge in [-0.3, -0.25) is 0 Å². The third-order valence-corrected chi connectivity index (χ3v) is 1.07. The van der Waals surface area contributed by atoms with Crippen molar-refractivity contribution < 1.29 is 24.5 Å². The highest BCUT2D eigenvalue weighted by Gasteiger charge is 2.09. The largest absolute Gasteiger partial charge is 0.484 e. The quantitative estimate of drug-likeness (QED) is 0.320. The summed E-state index contributed by atoms with van der Waals surface area (Å²) in [5, 5.41) is 17.2. The molecule has 5 nitrogen and oxygen atoms in total. The van der Waals surface area contributed by atoms with Crippen molar-refractivity contribution in [2.75, 3.05) is 20.3 Å². The van der Waals surface area contributed by atoms with E-state index in [4.69, 9.17) is 10.2 Å². The first-order valence-corrected chi connectivity index (χ1v) is 3.30. The Labute approximate surface area is 70.2 Å². The maximum Gasteiger partial charge on any atom is 0.372 e. The molecule has 0 bridgehead atoms. The molecule has 0 aliphatic carbocycles. The number of carbonyl (C=O) groups is 1. The first-order chi connectivity index (χ1) is 5.61. The number of aliphatic hydroxyl groups is 2. The number of hydrogen-bond donors (Lipinski definition) is 2. The number of carbonyl (C=O) groups excluding carboxylic acids is 1. The molecule has 0 aromatic rings. The van der Waals surface area contributed by atoms with Gasteiger partial charge in [-0.2, -0.15) is 0 Å². The van der Waals surface area contributed by atoms with Gasteiger partial charge in [0.25, 0.3) is 0 Å². The van der Waals surface area contributed by atoms with Gasteiger partial charge < -0.3 is 19.7 Å². The molecule has 0 saturated carbocycles. The molecule has 0 aliphatic rings. The molecular formula is C7H12O5. The number of aliphatic hydroxyl groups excluding tert-OH is 2. The second-order valence-corrected chi connectivity index (χ2v) is 2.06. The van der Waals surface area contributed by atoms with E-state index in [9.17, 15) is 4.79 Å². The van der Waals surface area contributed by atoms with Crippen LogP contribution in [0.25, 0.3) is 0 Å². The van der Waals surface area contributed by atoms with Crippen LogP contribution in [-0.2, 0) is 14.3 Å². The molecule has 2 N–H and O–H groups in total. The third kappa shape index (κ3) is 3.95. The number of methoxy groups -OCH3 is 1. The first-order valence-electron chi connectivity index (χ1n) is 3.30. The predicted octanol–water partition coefficient (Wildman–Crippen LogP) is -0.957. The molecule has 70 valence electrons. The van der Waals surface area contributed by atoms with Crippen LogP contribution in [0.1, 0.15) is 0 Å². The maximum absolute atomic E-state index is 10.6. The number of esters is 1. The van der Waals surface area contributed by atoms with Gasteiger partial charge in [0.2, 0.25) is 0 Å². The molecule has 0 spiro atoms. The topological polar surface area (TPSA) is 76.0 Å². The van der Waals surface area contributed by atoms with Crippen LogP contribution in [0.2, 0.25) is 0 Å². The van der Waals surface area contributed by atoms with Gasteiger partial charge in [-0.05, 0) is 6.58 Å². The van der Waals surface area contributed by atoms with Crippen molar-refractivity contribution in [3.05, 3.63) is 12.3 Å². The normalized spacial score (nSPS) is 11.9. The molecule has 1 unspecified atom stereocenters. The van der Waals surface area contributed by atoms with Crippen molar-refractivity contribution in [2.45, 2.75) is 6.10 Å². The Balaban J connectivity index is 3.64. The highest BCUT2D eigenvalue weighted by molar-refractivity contribution is 5.85. The van der Waals surface area contributed by atoms with Crippen molar-refractivity contribution in [1.82, 2.24) is 0 Å². The van der Waals surface area contributed by atoms with E-state index in [0.29, 0.717) is 0 Å². The number of rotatable bonds is 5. The second kappa shape index (κ2) is 5.56. The van der Waals surface area contributed by atoms with Crippen molar-refractivity contribution in [3.8, 4) is 0 Å². The van der Waals surface area contributed by atoms with Crippen molar-refractivity contribution in [2.24, 2.45) is 0 Å². The summed E-state index contributed by atoms with van der Waals surface area (Å²) in [4.78, 5) is 10.6. The molecule has 5 heteroatoms. The zero-order chi connectivity index (χ0) is 9.56. The molecule has 0 rings (SSSR count). The van der Waals surface area contributed by atoms with Gasteiger partial charge in [0.1, 0.15) is 12.7 Å². The van der Waals surface area contributed by atoms with Crippen LogP contribution in [0.3, 0.4) is 0 Å². The molecule has 0 aromatic heterocycles. The Morgan fingerprint density at radius 3 is 2.67 bits per heavy atom. The fourth-order valence-electron chi connectivity index (χ4n) is 0.422. The van der Waals surface area contributed by atoms with Gasteiger partial charge in [-0.25, -0.2) is 4.79 Å². The number of hydrogen-bond acceptors (Lipinski definition) is 5. The maximum atomic E-state index is 10.6. The molecule has 0 amide bonds. The average Bonchev–Trinajstić information content (AvgIpc) is 2.11. The van der Waals surface area contributed by atoms with E-state index in [1.165, 1.54) is 7.11 Å². The predicted molar refractivity (Wildman–Crippen MR) is 40.2 cm³/mol. The van der Waals surface area contributed by atoms with Crippen LogP contribution in [0.4, 0.5) is 0 Å². The van der Waals surface area contributed by atoms with Crippen molar-refractivity contribution in [3.63, 3.8) is 0 Å². The van der Waals surface area contributed by atoms with Gasteiger partial charge in [-0.15, -0.1) is 0 Å². The third-order valence-electron chi connectivity index (χ3n) is 1.07. The lowest BCUT2D eigenvalue weighted by Crippen LogP contribution is -2.21. The minimum atomic E-state index is -1.01. The SMILES string of the molecule is C=C(OCC(O)CO)C(=O)OC. The minimum Gasteiger partial charge on any atom is -0.484 e. The molecular weight excluding hydrogens is 164 g/mol. The Hall–Kier alpha value is -1.07. The zero-order valence-corrected chi connectivity index (χ0v) is 6.82. The fourth-order valence-corrected chi connectivity index (χ4v) is 0.422. The van der Waals surface area contributed by atoms with Crippen molar-refractivity contribution in [1.29, 1.82) is 0 Å². The Morgan fingerprint density at radius 2 is 2.25 bits per heavy atom. The summed E-state index contributed by atoms with van der Waals surface area (Å²) in [6, 6.07) is 0. The van der Waals surface area contributed by atoms with Crippen LogP contribution >= 0.6 is 0 Å². The summed E-state index contributed by atoms with van der Waals surface area (Å²) in [7, 11) is 1.19. The van der Waals surface area contributed by atoms with E-state index in [-0.39, 0.29) is 12.4 Å². The van der Waals surface area contributed by atoms with Crippen LogP contribution in [0.15, 0.2) is 12.3 Å². The highest BCUT2D eigenvalue weighted by Crippen LogP contribution is 1.97. The van der Waals surface area contributed by atoms with Crippen LogP contribution < -0.4 is 0 Å². The van der Waals surface area contributed by atoms with E-state index >= 15 is 0 Å². The minimum absolute atomic E-state index is 0.176. The molecule has 0 fully saturated rings. The average molecular weight is 176 g/mol. The molecule has 0 saturated heterocycles. The van der Waals surface area contributed by atoms with Gasteiger partial charge >= 0.3 is 5.97 Å². The van der Waals surface area contributed by atoms with Gasteiger partial charge in [0.15, 0.2) is 5.76 Å². The lowest BCUT2D eigenvalue weighted by molar-refractivity contribution is -0.140. The summed E-state index contributed by atoms with van der Waals surface area (Å²) < 4.78 is 8.94. The molecule has 0 aliphatic heterocycles. The highest BCUT2D eigenvalue weighted by atomic mass is 16.6. The standard InChI is InChI=1S/C7H12O5/c1-5(7(10)11-2)12-4-6(9)3-8/h6,8-9H,1,3-4H2,2H3. The van der Waals surface area contributed by atoms with E-state index in [1.54, 1.807) is 0 Å². The molecule has 12 heavy (non-hydrogen) atoms. The van der Waals surface area contributed by atoms with Crippen LogP contribution in [-0.4, -0.2) is 42.6 Å². The first kappa shape index (κ1) is 10.9. The smallest absolute Gasteiger partial charge is 0.372 e. The van der Waals surface area contributed by atoms with E-state index in [2.05, 4.69) is 16.1 Å².